The minimum absolute atomic E-state index is 0.111. The van der Waals surface area contributed by atoms with E-state index in [-0.39, 0.29) is 5.54 Å². The van der Waals surface area contributed by atoms with E-state index in [4.69, 9.17) is 17.0 Å². The number of nitrogens with one attached hydrogen (secondary N) is 2. The highest BCUT2D eigenvalue weighted by molar-refractivity contribution is 7.80. The van der Waals surface area contributed by atoms with Gasteiger partial charge >= 0.3 is 0 Å². The van der Waals surface area contributed by atoms with Crippen LogP contribution in [0.15, 0.2) is 42.5 Å². The Labute approximate surface area is 148 Å². The maximum Gasteiger partial charge on any atom is 0.172 e. The number of hydrogen-bond acceptors (Lipinski definition) is 3. The molecule has 24 heavy (non-hydrogen) atoms. The van der Waals surface area contributed by atoms with Gasteiger partial charge in [-0.1, -0.05) is 31.0 Å². The van der Waals surface area contributed by atoms with Gasteiger partial charge in [-0.05, 0) is 61.8 Å². The lowest BCUT2D eigenvalue weighted by Gasteiger charge is -2.32. The van der Waals surface area contributed by atoms with E-state index < -0.39 is 0 Å². The number of nitrogens with zero attached hydrogens (tertiary/aromatic N) is 1. The lowest BCUT2D eigenvalue weighted by atomic mass is 9.88. The number of methoxy groups -OCH3 is 1. The van der Waals surface area contributed by atoms with Gasteiger partial charge in [0, 0.05) is 5.69 Å². The topological polar surface area (TPSA) is 46.2 Å². The molecule has 1 saturated carbocycles. The Kier molecular flexibility index (Phi) is 5.00. The molecule has 126 valence electrons. The summed E-state index contributed by atoms with van der Waals surface area (Å²) in [6.45, 7) is 1.97. The summed E-state index contributed by atoms with van der Waals surface area (Å²) in [4.78, 5) is 4.45. The number of rotatable bonds is 4. The summed E-state index contributed by atoms with van der Waals surface area (Å²) in [7, 11) is 1.69. The number of benzene rings is 1. The molecule has 0 bridgehead atoms. The highest BCUT2D eigenvalue weighted by Gasteiger charge is 2.36. The molecule has 1 aromatic heterocycles. The maximum absolute atomic E-state index is 5.55. The lowest BCUT2D eigenvalue weighted by Crippen LogP contribution is -2.45. The van der Waals surface area contributed by atoms with Crippen LogP contribution in [0, 0.1) is 6.92 Å². The zero-order chi connectivity index (χ0) is 17.0. The smallest absolute Gasteiger partial charge is 0.172 e. The highest BCUT2D eigenvalue weighted by atomic mass is 32.1. The Morgan fingerprint density at radius 2 is 1.83 bits per heavy atom. The molecule has 0 amide bonds. The van der Waals surface area contributed by atoms with Crippen LogP contribution in [0.1, 0.15) is 36.9 Å². The summed E-state index contributed by atoms with van der Waals surface area (Å²) < 4.78 is 5.27. The number of thiocarbonyl (C=S) groups is 1. The Hall–Kier alpha value is -2.14. The van der Waals surface area contributed by atoms with Crippen LogP contribution in [0.25, 0.3) is 0 Å². The number of aromatic nitrogens is 1. The van der Waals surface area contributed by atoms with Crippen molar-refractivity contribution in [3.05, 3.63) is 53.7 Å². The summed E-state index contributed by atoms with van der Waals surface area (Å²) in [6.07, 6.45) is 4.54. The third-order valence-electron chi connectivity index (χ3n) is 4.58. The van der Waals surface area contributed by atoms with Gasteiger partial charge in [-0.25, -0.2) is 4.98 Å². The van der Waals surface area contributed by atoms with E-state index in [0.29, 0.717) is 5.11 Å². The molecule has 0 saturated heterocycles. The van der Waals surface area contributed by atoms with Crippen LogP contribution in [0.4, 0.5) is 5.82 Å². The fourth-order valence-electron chi connectivity index (χ4n) is 3.35. The van der Waals surface area contributed by atoms with Crippen molar-refractivity contribution in [3.8, 4) is 5.75 Å². The molecule has 3 rings (SSSR count). The predicted octanol–water partition coefficient (Wildman–Crippen LogP) is 4.15. The largest absolute Gasteiger partial charge is 0.497 e. The number of ether oxygens (including phenoxy) is 1. The molecule has 4 nitrogen and oxygen atoms in total. The maximum atomic E-state index is 5.55. The molecule has 1 heterocycles. The van der Waals surface area contributed by atoms with Gasteiger partial charge in [0.25, 0.3) is 0 Å². The number of anilines is 1. The van der Waals surface area contributed by atoms with Gasteiger partial charge in [0.05, 0.1) is 12.6 Å². The van der Waals surface area contributed by atoms with Crippen LogP contribution in [0.2, 0.25) is 0 Å². The summed E-state index contributed by atoms with van der Waals surface area (Å²) in [5, 5.41) is 7.38. The van der Waals surface area contributed by atoms with Crippen molar-refractivity contribution in [2.75, 3.05) is 12.4 Å². The Balaban J connectivity index is 1.76. The molecule has 0 atom stereocenters. The standard InChI is InChI=1S/C19H23N3OS/c1-14-6-5-7-17(20-14)21-18(24)22-19(12-3-4-13-19)15-8-10-16(23-2)11-9-15/h5-11H,3-4,12-13H2,1-2H3,(H2,20,21,22,24). The van der Waals surface area contributed by atoms with Gasteiger partial charge in [0.1, 0.15) is 11.6 Å². The molecule has 1 aliphatic carbocycles. The van der Waals surface area contributed by atoms with Gasteiger partial charge in [-0.2, -0.15) is 0 Å². The molecular weight excluding hydrogens is 318 g/mol. The van der Waals surface area contributed by atoms with Crippen molar-refractivity contribution in [1.29, 1.82) is 0 Å². The summed E-state index contributed by atoms with van der Waals surface area (Å²) in [6, 6.07) is 14.1. The molecule has 5 heteroatoms. The normalized spacial score (nSPS) is 15.8. The minimum Gasteiger partial charge on any atom is -0.497 e. The second kappa shape index (κ2) is 7.18. The first-order chi connectivity index (χ1) is 11.6. The molecule has 0 spiro atoms. The van der Waals surface area contributed by atoms with Crippen LogP contribution >= 0.6 is 12.2 Å². The third-order valence-corrected chi connectivity index (χ3v) is 4.79. The summed E-state index contributed by atoms with van der Waals surface area (Å²) in [5.41, 5.74) is 2.11. The average Bonchev–Trinajstić information content (AvgIpc) is 3.04. The van der Waals surface area contributed by atoms with Crippen LogP contribution in [0.5, 0.6) is 5.75 Å². The van der Waals surface area contributed by atoms with Crippen molar-refractivity contribution in [2.24, 2.45) is 0 Å². The molecule has 2 aromatic rings. The molecule has 1 fully saturated rings. The number of hydrogen-bond donors (Lipinski definition) is 2. The Morgan fingerprint density at radius 3 is 2.46 bits per heavy atom. The van der Waals surface area contributed by atoms with Gasteiger partial charge in [0.15, 0.2) is 5.11 Å². The fraction of sp³-hybridized carbons (Fsp3) is 0.368. The van der Waals surface area contributed by atoms with Crippen molar-refractivity contribution < 1.29 is 4.74 Å². The molecule has 0 radical (unpaired) electrons. The lowest BCUT2D eigenvalue weighted by molar-refractivity contribution is 0.401. The first kappa shape index (κ1) is 16.7. The Morgan fingerprint density at radius 1 is 1.12 bits per heavy atom. The van der Waals surface area contributed by atoms with Crippen LogP contribution in [-0.4, -0.2) is 17.2 Å². The first-order valence-electron chi connectivity index (χ1n) is 8.29. The van der Waals surface area contributed by atoms with E-state index in [1.54, 1.807) is 7.11 Å². The zero-order valence-electron chi connectivity index (χ0n) is 14.1. The number of pyridine rings is 1. The van der Waals surface area contributed by atoms with Crippen LogP contribution in [-0.2, 0) is 5.54 Å². The van der Waals surface area contributed by atoms with Crippen molar-refractivity contribution in [1.82, 2.24) is 10.3 Å². The van der Waals surface area contributed by atoms with E-state index in [2.05, 4.69) is 27.8 Å². The van der Waals surface area contributed by atoms with E-state index >= 15 is 0 Å². The minimum atomic E-state index is -0.111. The SMILES string of the molecule is COc1ccc(C2(NC(=S)Nc3cccc(C)n3)CCCC2)cc1. The van der Waals surface area contributed by atoms with Gasteiger partial charge in [-0.15, -0.1) is 0 Å². The average molecular weight is 341 g/mol. The van der Waals surface area contributed by atoms with Gasteiger partial charge in [-0.3, -0.25) is 0 Å². The van der Waals surface area contributed by atoms with Crippen LogP contribution in [0.3, 0.4) is 0 Å². The van der Waals surface area contributed by atoms with E-state index in [9.17, 15) is 0 Å². The monoisotopic (exact) mass is 341 g/mol. The van der Waals surface area contributed by atoms with Crippen LogP contribution < -0.4 is 15.4 Å². The Bertz CT molecular complexity index is 709. The zero-order valence-corrected chi connectivity index (χ0v) is 15.0. The molecule has 2 N–H and O–H groups in total. The highest BCUT2D eigenvalue weighted by Crippen LogP contribution is 2.39. The van der Waals surface area contributed by atoms with Crippen molar-refractivity contribution in [2.45, 2.75) is 38.1 Å². The number of aryl methyl sites for hydroxylation is 1. The van der Waals surface area contributed by atoms with Crippen molar-refractivity contribution in [3.63, 3.8) is 0 Å². The molecular formula is C19H23N3OS. The molecule has 1 aromatic carbocycles. The second-order valence-corrected chi connectivity index (χ2v) is 6.67. The molecule has 0 unspecified atom stereocenters. The third kappa shape index (κ3) is 3.67. The van der Waals surface area contributed by atoms with E-state index in [1.807, 2.05) is 37.3 Å². The predicted molar refractivity (Wildman–Crippen MR) is 101 cm³/mol. The molecule has 1 aliphatic rings. The van der Waals surface area contributed by atoms with Gasteiger partial charge < -0.3 is 15.4 Å². The van der Waals surface area contributed by atoms with E-state index in [1.165, 1.54) is 18.4 Å². The second-order valence-electron chi connectivity index (χ2n) is 6.26. The fourth-order valence-corrected chi connectivity index (χ4v) is 3.65. The molecule has 0 aliphatic heterocycles. The quantitative estimate of drug-likeness (QED) is 0.818. The first-order valence-corrected chi connectivity index (χ1v) is 8.69. The summed E-state index contributed by atoms with van der Waals surface area (Å²) >= 11 is 5.55. The van der Waals surface area contributed by atoms with Crippen molar-refractivity contribution >= 4 is 23.1 Å². The summed E-state index contributed by atoms with van der Waals surface area (Å²) in [5.74, 6) is 1.65. The van der Waals surface area contributed by atoms with E-state index in [0.717, 1.165) is 30.1 Å². The van der Waals surface area contributed by atoms with Gasteiger partial charge in [0.2, 0.25) is 0 Å².